The summed E-state index contributed by atoms with van der Waals surface area (Å²) >= 11 is 0. The van der Waals surface area contributed by atoms with Gasteiger partial charge in [-0.25, -0.2) is 0 Å². The molecule has 5 nitrogen and oxygen atoms in total. The summed E-state index contributed by atoms with van der Waals surface area (Å²) in [6.07, 6.45) is 2.97. The molecule has 0 unspecified atom stereocenters. The number of piperidine rings is 1. The van der Waals surface area contributed by atoms with Gasteiger partial charge in [-0.15, -0.1) is 0 Å². The van der Waals surface area contributed by atoms with Crippen LogP contribution in [0.1, 0.15) is 38.7 Å². The Morgan fingerprint density at radius 2 is 1.83 bits per heavy atom. The summed E-state index contributed by atoms with van der Waals surface area (Å²) in [5, 5.41) is 11.9. The molecule has 2 N–H and O–H groups in total. The van der Waals surface area contributed by atoms with Crippen molar-refractivity contribution < 1.29 is 14.7 Å². The van der Waals surface area contributed by atoms with Gasteiger partial charge in [0.1, 0.15) is 0 Å². The number of carboxylic acids is 1. The number of amides is 1. The molecule has 2 rings (SSSR count). The molecule has 1 aliphatic rings. The fourth-order valence-corrected chi connectivity index (χ4v) is 3.03. The van der Waals surface area contributed by atoms with Crippen molar-refractivity contribution in [1.82, 2.24) is 4.90 Å². The fraction of sp³-hybridized carbons (Fsp3) is 0.579. The summed E-state index contributed by atoms with van der Waals surface area (Å²) in [6.45, 7) is 6.73. The van der Waals surface area contributed by atoms with E-state index < -0.39 is 5.97 Å². The third kappa shape index (κ3) is 5.96. The number of benzene rings is 1. The first-order valence-electron chi connectivity index (χ1n) is 8.78. The van der Waals surface area contributed by atoms with E-state index in [1.165, 1.54) is 5.56 Å². The topological polar surface area (TPSA) is 69.6 Å². The number of hydrogen-bond acceptors (Lipinski definition) is 3. The lowest BCUT2D eigenvalue weighted by Gasteiger charge is -2.29. The third-order valence-corrected chi connectivity index (χ3v) is 4.48. The van der Waals surface area contributed by atoms with E-state index >= 15 is 0 Å². The standard InChI is InChI=1S/C19H28N2O3/c1-14(2)13-18(22)20-17-5-3-15(4-6-17)7-10-21-11-8-16(9-12-21)19(23)24/h3-6,14,16H,7-13H2,1-2H3,(H,20,22)(H,23,24). The molecule has 1 heterocycles. The van der Waals surface area contributed by atoms with E-state index in [0.29, 0.717) is 12.3 Å². The molecule has 1 saturated heterocycles. The van der Waals surface area contributed by atoms with Gasteiger partial charge in [0.25, 0.3) is 0 Å². The zero-order chi connectivity index (χ0) is 17.5. The van der Waals surface area contributed by atoms with Gasteiger partial charge in [-0.1, -0.05) is 26.0 Å². The second-order valence-electron chi connectivity index (χ2n) is 7.05. The highest BCUT2D eigenvalue weighted by Crippen LogP contribution is 2.18. The summed E-state index contributed by atoms with van der Waals surface area (Å²) in [7, 11) is 0. The second kappa shape index (κ2) is 8.83. The van der Waals surface area contributed by atoms with Crippen LogP contribution in [0.2, 0.25) is 0 Å². The van der Waals surface area contributed by atoms with Crippen LogP contribution < -0.4 is 5.32 Å². The molecule has 132 valence electrons. The minimum atomic E-state index is -0.662. The lowest BCUT2D eigenvalue weighted by atomic mass is 9.97. The Bertz CT molecular complexity index is 546. The first-order valence-corrected chi connectivity index (χ1v) is 8.78. The Hall–Kier alpha value is -1.88. The highest BCUT2D eigenvalue weighted by atomic mass is 16.4. The van der Waals surface area contributed by atoms with E-state index in [1.54, 1.807) is 0 Å². The number of nitrogens with zero attached hydrogens (tertiary/aromatic N) is 1. The average molecular weight is 332 g/mol. The SMILES string of the molecule is CC(C)CC(=O)Nc1ccc(CCN2CCC(C(=O)O)CC2)cc1. The van der Waals surface area contributed by atoms with Crippen LogP contribution in [-0.4, -0.2) is 41.5 Å². The van der Waals surface area contributed by atoms with Crippen molar-refractivity contribution in [3.8, 4) is 0 Å². The maximum atomic E-state index is 11.8. The van der Waals surface area contributed by atoms with Gasteiger partial charge in [-0.05, 0) is 56.0 Å². The molecule has 0 saturated carbocycles. The molecule has 1 aromatic rings. The van der Waals surface area contributed by atoms with Crippen molar-refractivity contribution in [2.75, 3.05) is 25.0 Å². The van der Waals surface area contributed by atoms with Crippen molar-refractivity contribution in [3.05, 3.63) is 29.8 Å². The zero-order valence-electron chi connectivity index (χ0n) is 14.6. The van der Waals surface area contributed by atoms with E-state index in [-0.39, 0.29) is 11.8 Å². The molecule has 1 aliphatic heterocycles. The number of carbonyl (C=O) groups is 2. The number of likely N-dealkylation sites (tertiary alicyclic amines) is 1. The van der Waals surface area contributed by atoms with Gasteiger partial charge in [0, 0.05) is 18.7 Å². The van der Waals surface area contributed by atoms with Gasteiger partial charge in [-0.3, -0.25) is 9.59 Å². The lowest BCUT2D eigenvalue weighted by Crippen LogP contribution is -2.37. The molecule has 0 atom stereocenters. The maximum Gasteiger partial charge on any atom is 0.306 e. The predicted octanol–water partition coefficient (Wildman–Crippen LogP) is 3.01. The first kappa shape index (κ1) is 18.5. The number of carbonyl (C=O) groups excluding carboxylic acids is 1. The molecular formula is C19H28N2O3. The monoisotopic (exact) mass is 332 g/mol. The van der Waals surface area contributed by atoms with Crippen LogP contribution in [0.3, 0.4) is 0 Å². The molecule has 0 radical (unpaired) electrons. The Labute approximate surface area is 144 Å². The van der Waals surface area contributed by atoms with Crippen LogP contribution in [-0.2, 0) is 16.0 Å². The summed E-state index contributed by atoms with van der Waals surface area (Å²) in [5.41, 5.74) is 2.07. The van der Waals surface area contributed by atoms with Crippen LogP contribution in [0.4, 0.5) is 5.69 Å². The van der Waals surface area contributed by atoms with Gasteiger partial charge < -0.3 is 15.3 Å². The fourth-order valence-electron chi connectivity index (χ4n) is 3.03. The van der Waals surface area contributed by atoms with Crippen LogP contribution in [0.15, 0.2) is 24.3 Å². The second-order valence-corrected chi connectivity index (χ2v) is 7.05. The van der Waals surface area contributed by atoms with Crippen LogP contribution in [0.25, 0.3) is 0 Å². The van der Waals surface area contributed by atoms with Crippen molar-refractivity contribution >= 4 is 17.6 Å². The number of carboxylic acid groups (broad SMARTS) is 1. The summed E-state index contributed by atoms with van der Waals surface area (Å²) in [5.74, 6) is -0.423. The summed E-state index contributed by atoms with van der Waals surface area (Å²) in [6, 6.07) is 8.00. The van der Waals surface area contributed by atoms with Crippen molar-refractivity contribution in [1.29, 1.82) is 0 Å². The summed E-state index contributed by atoms with van der Waals surface area (Å²) < 4.78 is 0. The molecular weight excluding hydrogens is 304 g/mol. The van der Waals surface area contributed by atoms with E-state index in [0.717, 1.165) is 44.6 Å². The van der Waals surface area contributed by atoms with Crippen LogP contribution >= 0.6 is 0 Å². The molecule has 0 aromatic heterocycles. The maximum absolute atomic E-state index is 11.8. The average Bonchev–Trinajstić information content (AvgIpc) is 2.54. The minimum absolute atomic E-state index is 0.0547. The van der Waals surface area contributed by atoms with Gasteiger partial charge >= 0.3 is 5.97 Å². The molecule has 1 fully saturated rings. The molecule has 5 heteroatoms. The van der Waals surface area contributed by atoms with E-state index in [2.05, 4.69) is 22.3 Å². The number of anilines is 1. The number of aliphatic carboxylic acids is 1. The van der Waals surface area contributed by atoms with Crippen molar-refractivity contribution in [2.45, 2.75) is 39.5 Å². The zero-order valence-corrected chi connectivity index (χ0v) is 14.6. The van der Waals surface area contributed by atoms with E-state index in [1.807, 2.05) is 26.0 Å². The third-order valence-electron chi connectivity index (χ3n) is 4.48. The molecule has 24 heavy (non-hydrogen) atoms. The number of nitrogens with one attached hydrogen (secondary N) is 1. The van der Waals surface area contributed by atoms with Gasteiger partial charge in [0.05, 0.1) is 5.92 Å². The van der Waals surface area contributed by atoms with Crippen LogP contribution in [0.5, 0.6) is 0 Å². The first-order chi connectivity index (χ1) is 11.4. The predicted molar refractivity (Wildman–Crippen MR) is 95.0 cm³/mol. The normalized spacial score (nSPS) is 16.3. The highest BCUT2D eigenvalue weighted by molar-refractivity contribution is 5.90. The quantitative estimate of drug-likeness (QED) is 0.805. The van der Waals surface area contributed by atoms with Crippen molar-refractivity contribution in [3.63, 3.8) is 0 Å². The van der Waals surface area contributed by atoms with E-state index in [4.69, 9.17) is 5.11 Å². The smallest absolute Gasteiger partial charge is 0.306 e. The van der Waals surface area contributed by atoms with Crippen molar-refractivity contribution in [2.24, 2.45) is 11.8 Å². The number of rotatable bonds is 7. The van der Waals surface area contributed by atoms with Crippen LogP contribution in [0, 0.1) is 11.8 Å². The van der Waals surface area contributed by atoms with E-state index in [9.17, 15) is 9.59 Å². The Balaban J connectivity index is 1.74. The van der Waals surface area contributed by atoms with Gasteiger partial charge in [0.15, 0.2) is 0 Å². The van der Waals surface area contributed by atoms with Gasteiger partial charge in [-0.2, -0.15) is 0 Å². The Kier molecular flexibility index (Phi) is 6.79. The molecule has 1 amide bonds. The summed E-state index contributed by atoms with van der Waals surface area (Å²) in [4.78, 5) is 25.0. The van der Waals surface area contributed by atoms with Gasteiger partial charge in [0.2, 0.25) is 5.91 Å². The molecule has 0 bridgehead atoms. The molecule has 0 aliphatic carbocycles. The lowest BCUT2D eigenvalue weighted by molar-refractivity contribution is -0.143. The largest absolute Gasteiger partial charge is 0.481 e. The Morgan fingerprint density at radius 1 is 1.21 bits per heavy atom. The molecule has 1 aromatic carbocycles. The minimum Gasteiger partial charge on any atom is -0.481 e. The highest BCUT2D eigenvalue weighted by Gasteiger charge is 2.23. The molecule has 0 spiro atoms. The Morgan fingerprint density at radius 3 is 2.38 bits per heavy atom. The number of hydrogen-bond donors (Lipinski definition) is 2.